The van der Waals surface area contributed by atoms with Crippen LogP contribution in [0.3, 0.4) is 0 Å². The Hall–Kier alpha value is 0.210. The van der Waals surface area contributed by atoms with E-state index < -0.39 is 0 Å². The van der Waals surface area contributed by atoms with Gasteiger partial charge in [-0.1, -0.05) is 6.42 Å². The maximum Gasteiger partial charge on any atom is 0.0636 e. The first-order valence-electron chi connectivity index (χ1n) is 4.67. The van der Waals surface area contributed by atoms with E-state index in [0.717, 1.165) is 6.42 Å². The van der Waals surface area contributed by atoms with Gasteiger partial charge in [0.15, 0.2) is 0 Å². The third kappa shape index (κ3) is 1.26. The van der Waals surface area contributed by atoms with Crippen molar-refractivity contribution in [3.8, 4) is 0 Å². The molecule has 1 spiro atoms. The summed E-state index contributed by atoms with van der Waals surface area (Å²) < 4.78 is 0. The van der Waals surface area contributed by atoms with Crippen molar-refractivity contribution in [1.29, 1.82) is 0 Å². The van der Waals surface area contributed by atoms with E-state index in [1.54, 1.807) is 0 Å². The molecule has 0 aromatic carbocycles. The topological polar surface area (TPSA) is 46.2 Å². The van der Waals surface area contributed by atoms with Gasteiger partial charge in [-0.3, -0.25) is 0 Å². The molecule has 2 fully saturated rings. The molecule has 0 radical (unpaired) electrons. The summed E-state index contributed by atoms with van der Waals surface area (Å²) in [7, 11) is 0. The van der Waals surface area contributed by atoms with E-state index in [1.165, 1.54) is 25.7 Å². The maximum atomic E-state index is 9.88. The first kappa shape index (κ1) is 10.3. The number of aliphatic hydroxyl groups is 1. The van der Waals surface area contributed by atoms with Crippen molar-refractivity contribution in [2.45, 2.75) is 38.2 Å². The van der Waals surface area contributed by atoms with E-state index in [9.17, 15) is 5.11 Å². The van der Waals surface area contributed by atoms with Crippen molar-refractivity contribution in [1.82, 2.24) is 0 Å². The lowest BCUT2D eigenvalue weighted by Gasteiger charge is -2.42. The van der Waals surface area contributed by atoms with Crippen LogP contribution >= 0.6 is 12.4 Å². The van der Waals surface area contributed by atoms with Crippen LogP contribution < -0.4 is 5.73 Å². The maximum absolute atomic E-state index is 9.88. The average molecular weight is 192 g/mol. The summed E-state index contributed by atoms with van der Waals surface area (Å²) >= 11 is 0. The minimum absolute atomic E-state index is 0. The first-order valence-corrected chi connectivity index (χ1v) is 4.67. The van der Waals surface area contributed by atoms with Crippen LogP contribution in [0.5, 0.6) is 0 Å². The van der Waals surface area contributed by atoms with Crippen LogP contribution in [0.25, 0.3) is 0 Å². The van der Waals surface area contributed by atoms with Crippen LogP contribution in [0, 0.1) is 11.3 Å². The molecular weight excluding hydrogens is 174 g/mol. The summed E-state index contributed by atoms with van der Waals surface area (Å²) in [6.45, 7) is 0.670. The molecule has 0 amide bonds. The van der Waals surface area contributed by atoms with E-state index in [4.69, 9.17) is 5.73 Å². The van der Waals surface area contributed by atoms with Crippen molar-refractivity contribution in [3.05, 3.63) is 0 Å². The number of hydrogen-bond acceptors (Lipinski definition) is 2. The molecule has 3 N–H and O–H groups in total. The second-order valence-electron chi connectivity index (χ2n) is 4.20. The normalized spacial score (nSPS) is 37.5. The molecule has 2 atom stereocenters. The van der Waals surface area contributed by atoms with Crippen LogP contribution in [0.2, 0.25) is 0 Å². The Kier molecular flexibility index (Phi) is 3.02. The van der Waals surface area contributed by atoms with Crippen LogP contribution in [-0.2, 0) is 0 Å². The van der Waals surface area contributed by atoms with Crippen molar-refractivity contribution in [3.63, 3.8) is 0 Å². The fraction of sp³-hybridized carbons (Fsp3) is 1.00. The second kappa shape index (κ2) is 3.52. The third-order valence-electron chi connectivity index (χ3n) is 3.74. The smallest absolute Gasteiger partial charge is 0.0636 e. The van der Waals surface area contributed by atoms with E-state index in [0.29, 0.717) is 17.9 Å². The number of halogens is 1. The molecule has 12 heavy (non-hydrogen) atoms. The van der Waals surface area contributed by atoms with Crippen LogP contribution in [0.15, 0.2) is 0 Å². The Labute approximate surface area is 79.9 Å². The zero-order chi connectivity index (χ0) is 7.90. The molecule has 2 aliphatic carbocycles. The molecule has 0 bridgehead atoms. The van der Waals surface area contributed by atoms with Gasteiger partial charge in [0.25, 0.3) is 0 Å². The van der Waals surface area contributed by atoms with Crippen molar-refractivity contribution >= 4 is 12.4 Å². The summed E-state index contributed by atoms with van der Waals surface area (Å²) in [5.74, 6) is 0.398. The Bertz CT molecular complexity index is 159. The Morgan fingerprint density at radius 3 is 2.25 bits per heavy atom. The van der Waals surface area contributed by atoms with Gasteiger partial charge in [-0.25, -0.2) is 0 Å². The predicted molar refractivity (Wildman–Crippen MR) is 51.3 cm³/mol. The van der Waals surface area contributed by atoms with Gasteiger partial charge in [0.1, 0.15) is 0 Å². The molecule has 2 rings (SSSR count). The van der Waals surface area contributed by atoms with Gasteiger partial charge in [-0.15, -0.1) is 12.4 Å². The lowest BCUT2D eigenvalue weighted by Crippen LogP contribution is -2.40. The molecule has 0 aromatic heterocycles. The van der Waals surface area contributed by atoms with Gasteiger partial charge in [0, 0.05) is 0 Å². The van der Waals surface area contributed by atoms with Gasteiger partial charge in [0.2, 0.25) is 0 Å². The predicted octanol–water partition coefficient (Wildman–Crippen LogP) is 1.31. The first-order chi connectivity index (χ1) is 5.28. The SMILES string of the molecule is Cl.NCC1CCC2(CCC2)C1O. The fourth-order valence-electron chi connectivity index (χ4n) is 2.70. The van der Waals surface area contributed by atoms with Gasteiger partial charge in [-0.05, 0) is 43.6 Å². The summed E-state index contributed by atoms with van der Waals surface area (Å²) in [5, 5.41) is 9.88. The molecule has 0 heterocycles. The van der Waals surface area contributed by atoms with E-state index >= 15 is 0 Å². The van der Waals surface area contributed by atoms with Gasteiger partial charge in [-0.2, -0.15) is 0 Å². The molecule has 2 aliphatic rings. The van der Waals surface area contributed by atoms with Gasteiger partial charge < -0.3 is 10.8 Å². The van der Waals surface area contributed by atoms with E-state index in [-0.39, 0.29) is 18.5 Å². The lowest BCUT2D eigenvalue weighted by molar-refractivity contribution is -0.0268. The largest absolute Gasteiger partial charge is 0.392 e. The Morgan fingerprint density at radius 2 is 2.00 bits per heavy atom. The summed E-state index contributed by atoms with van der Waals surface area (Å²) in [4.78, 5) is 0. The van der Waals surface area contributed by atoms with Crippen molar-refractivity contribution in [2.75, 3.05) is 6.54 Å². The third-order valence-corrected chi connectivity index (χ3v) is 3.74. The number of aliphatic hydroxyl groups excluding tert-OH is 1. The van der Waals surface area contributed by atoms with Crippen molar-refractivity contribution < 1.29 is 5.11 Å². The Balaban J connectivity index is 0.000000720. The molecule has 72 valence electrons. The average Bonchev–Trinajstić information content (AvgIpc) is 2.25. The molecular formula is C9H18ClNO. The van der Waals surface area contributed by atoms with Crippen LogP contribution in [-0.4, -0.2) is 17.8 Å². The minimum atomic E-state index is -0.0822. The molecule has 2 saturated carbocycles. The minimum Gasteiger partial charge on any atom is -0.392 e. The van der Waals surface area contributed by atoms with Gasteiger partial charge >= 0.3 is 0 Å². The zero-order valence-electron chi connectivity index (χ0n) is 7.33. The summed E-state index contributed by atoms with van der Waals surface area (Å²) in [5.41, 5.74) is 5.89. The molecule has 0 saturated heterocycles. The molecule has 0 aromatic rings. The van der Waals surface area contributed by atoms with E-state index in [1.807, 2.05) is 0 Å². The van der Waals surface area contributed by atoms with Crippen molar-refractivity contribution in [2.24, 2.45) is 17.1 Å². The molecule has 3 heteroatoms. The number of nitrogens with two attached hydrogens (primary N) is 1. The number of rotatable bonds is 1. The lowest BCUT2D eigenvalue weighted by atomic mass is 9.65. The van der Waals surface area contributed by atoms with Crippen LogP contribution in [0.1, 0.15) is 32.1 Å². The Morgan fingerprint density at radius 1 is 1.33 bits per heavy atom. The monoisotopic (exact) mass is 191 g/mol. The summed E-state index contributed by atoms with van der Waals surface area (Å²) in [6.07, 6.45) is 6.08. The number of hydrogen-bond donors (Lipinski definition) is 2. The molecule has 2 unspecified atom stereocenters. The zero-order valence-corrected chi connectivity index (χ0v) is 8.15. The fourth-order valence-corrected chi connectivity index (χ4v) is 2.70. The quantitative estimate of drug-likeness (QED) is 0.657. The molecule has 0 aliphatic heterocycles. The van der Waals surface area contributed by atoms with Gasteiger partial charge in [0.05, 0.1) is 6.10 Å². The highest BCUT2D eigenvalue weighted by Crippen LogP contribution is 2.54. The highest BCUT2D eigenvalue weighted by atomic mass is 35.5. The standard InChI is InChI=1S/C9H17NO.ClH/c10-6-7-2-5-9(8(7)11)3-1-4-9;/h7-8,11H,1-6,10H2;1H. The van der Waals surface area contributed by atoms with E-state index in [2.05, 4.69) is 0 Å². The van der Waals surface area contributed by atoms with Crippen LogP contribution in [0.4, 0.5) is 0 Å². The second-order valence-corrected chi connectivity index (χ2v) is 4.20. The molecule has 2 nitrogen and oxygen atoms in total. The summed E-state index contributed by atoms with van der Waals surface area (Å²) in [6, 6.07) is 0. The highest BCUT2D eigenvalue weighted by molar-refractivity contribution is 5.85. The highest BCUT2D eigenvalue weighted by Gasteiger charge is 2.50.